The van der Waals surface area contributed by atoms with Crippen LogP contribution in [0.15, 0.2) is 18.3 Å². The Morgan fingerprint density at radius 3 is 3.00 bits per heavy atom. The number of nitrogens with zero attached hydrogens (tertiary/aromatic N) is 1. The third-order valence-corrected chi connectivity index (χ3v) is 1.75. The molecule has 0 aliphatic heterocycles. The van der Waals surface area contributed by atoms with Crippen LogP contribution in [0.1, 0.15) is 18.2 Å². The van der Waals surface area contributed by atoms with Gasteiger partial charge in [-0.25, -0.2) is 0 Å². The molecule has 1 heterocycles. The number of hydrogen-bond acceptors (Lipinski definition) is 3. The van der Waals surface area contributed by atoms with Crippen molar-refractivity contribution in [2.75, 3.05) is 0 Å². The highest BCUT2D eigenvalue weighted by molar-refractivity contribution is 6.30. The minimum atomic E-state index is -0.950. The van der Waals surface area contributed by atoms with Crippen molar-refractivity contribution in [2.24, 2.45) is 5.73 Å². The number of nitrogens with two attached hydrogens (primary N) is 1. The van der Waals surface area contributed by atoms with Gasteiger partial charge in [0.05, 0.1) is 18.2 Å². The molecule has 70 valence electrons. The van der Waals surface area contributed by atoms with Crippen LogP contribution in [0.3, 0.4) is 0 Å². The maximum absolute atomic E-state index is 10.3. The number of halogens is 1. The SMILES string of the molecule is N[C@H](CC(=O)O)c1cc(Cl)ccn1. The van der Waals surface area contributed by atoms with Crippen LogP contribution in [-0.4, -0.2) is 16.1 Å². The molecule has 4 nitrogen and oxygen atoms in total. The normalized spacial score (nSPS) is 12.5. The van der Waals surface area contributed by atoms with E-state index in [1.807, 2.05) is 0 Å². The molecular weight excluding hydrogens is 192 g/mol. The number of carboxylic acid groups (broad SMARTS) is 1. The highest BCUT2D eigenvalue weighted by Gasteiger charge is 2.11. The largest absolute Gasteiger partial charge is 0.481 e. The molecule has 0 bridgehead atoms. The van der Waals surface area contributed by atoms with Gasteiger partial charge in [-0.2, -0.15) is 0 Å². The lowest BCUT2D eigenvalue weighted by molar-refractivity contribution is -0.137. The Hall–Kier alpha value is -1.13. The fourth-order valence-corrected chi connectivity index (χ4v) is 1.08. The van der Waals surface area contributed by atoms with Crippen molar-refractivity contribution < 1.29 is 9.90 Å². The topological polar surface area (TPSA) is 76.2 Å². The summed E-state index contributed by atoms with van der Waals surface area (Å²) in [6.07, 6.45) is 1.35. The fraction of sp³-hybridized carbons (Fsp3) is 0.250. The summed E-state index contributed by atoms with van der Waals surface area (Å²) < 4.78 is 0. The molecule has 5 heteroatoms. The Kier molecular flexibility index (Phi) is 3.22. The van der Waals surface area contributed by atoms with Gasteiger partial charge < -0.3 is 10.8 Å². The van der Waals surface area contributed by atoms with E-state index in [9.17, 15) is 4.79 Å². The summed E-state index contributed by atoms with van der Waals surface area (Å²) in [5.41, 5.74) is 6.06. The first kappa shape index (κ1) is 9.95. The van der Waals surface area contributed by atoms with Gasteiger partial charge in [-0.3, -0.25) is 9.78 Å². The predicted octanol–water partition coefficient (Wildman–Crippen LogP) is 1.21. The van der Waals surface area contributed by atoms with Gasteiger partial charge >= 0.3 is 5.97 Å². The molecule has 1 aromatic rings. The lowest BCUT2D eigenvalue weighted by Gasteiger charge is -2.07. The van der Waals surface area contributed by atoms with Crippen LogP contribution in [0.25, 0.3) is 0 Å². The monoisotopic (exact) mass is 200 g/mol. The van der Waals surface area contributed by atoms with Crippen LogP contribution in [0.5, 0.6) is 0 Å². The fourth-order valence-electron chi connectivity index (χ4n) is 0.917. The van der Waals surface area contributed by atoms with E-state index in [-0.39, 0.29) is 6.42 Å². The van der Waals surface area contributed by atoms with Crippen LogP contribution in [-0.2, 0) is 4.79 Å². The molecule has 0 saturated carbocycles. The van der Waals surface area contributed by atoms with Crippen LogP contribution >= 0.6 is 11.6 Å². The van der Waals surface area contributed by atoms with Crippen molar-refractivity contribution in [3.63, 3.8) is 0 Å². The zero-order valence-corrected chi connectivity index (χ0v) is 7.53. The quantitative estimate of drug-likeness (QED) is 0.769. The molecule has 0 saturated heterocycles. The summed E-state index contributed by atoms with van der Waals surface area (Å²) in [4.78, 5) is 14.2. The van der Waals surface area contributed by atoms with Crippen molar-refractivity contribution in [1.29, 1.82) is 0 Å². The van der Waals surface area contributed by atoms with Crippen LogP contribution < -0.4 is 5.73 Å². The Bertz CT molecular complexity index is 317. The van der Waals surface area contributed by atoms with Crippen LogP contribution in [0, 0.1) is 0 Å². The third-order valence-electron chi connectivity index (χ3n) is 1.52. The van der Waals surface area contributed by atoms with E-state index in [0.717, 1.165) is 0 Å². The molecule has 1 atom stereocenters. The number of aliphatic carboxylic acids is 1. The summed E-state index contributed by atoms with van der Waals surface area (Å²) in [7, 11) is 0. The van der Waals surface area contributed by atoms with E-state index < -0.39 is 12.0 Å². The number of aromatic nitrogens is 1. The summed E-state index contributed by atoms with van der Waals surface area (Å²) in [6, 6.07) is 2.57. The number of hydrogen-bond donors (Lipinski definition) is 2. The maximum Gasteiger partial charge on any atom is 0.305 e. The van der Waals surface area contributed by atoms with E-state index in [2.05, 4.69) is 4.98 Å². The second-order valence-electron chi connectivity index (χ2n) is 2.60. The Balaban J connectivity index is 2.76. The number of carboxylic acids is 1. The lowest BCUT2D eigenvalue weighted by Crippen LogP contribution is -2.16. The molecule has 1 rings (SSSR count). The second kappa shape index (κ2) is 4.20. The lowest BCUT2D eigenvalue weighted by atomic mass is 10.1. The smallest absolute Gasteiger partial charge is 0.305 e. The van der Waals surface area contributed by atoms with Gasteiger partial charge in [0.1, 0.15) is 0 Å². The van der Waals surface area contributed by atoms with Gasteiger partial charge in [0.25, 0.3) is 0 Å². The van der Waals surface area contributed by atoms with Gasteiger partial charge in [0, 0.05) is 11.2 Å². The van der Waals surface area contributed by atoms with Gasteiger partial charge in [0.2, 0.25) is 0 Å². The first-order valence-electron chi connectivity index (χ1n) is 3.68. The number of carbonyl (C=O) groups is 1. The average molecular weight is 201 g/mol. The van der Waals surface area contributed by atoms with E-state index in [0.29, 0.717) is 10.7 Å². The van der Waals surface area contributed by atoms with Gasteiger partial charge in [-0.1, -0.05) is 11.6 Å². The Labute approximate surface area is 80.3 Å². The Morgan fingerprint density at radius 2 is 2.46 bits per heavy atom. The standard InChI is InChI=1S/C8H9ClN2O2/c9-5-1-2-11-7(3-5)6(10)4-8(12)13/h1-3,6H,4,10H2,(H,12,13)/t6-/m1/s1. The first-order valence-corrected chi connectivity index (χ1v) is 4.06. The third kappa shape index (κ3) is 3.01. The summed E-state index contributed by atoms with van der Waals surface area (Å²) in [5, 5.41) is 8.98. The van der Waals surface area contributed by atoms with E-state index in [1.165, 1.54) is 6.20 Å². The van der Waals surface area contributed by atoms with Gasteiger partial charge in [0.15, 0.2) is 0 Å². The predicted molar refractivity (Wildman–Crippen MR) is 48.4 cm³/mol. The minimum absolute atomic E-state index is 0.145. The number of rotatable bonds is 3. The van der Waals surface area contributed by atoms with Crippen molar-refractivity contribution in [2.45, 2.75) is 12.5 Å². The van der Waals surface area contributed by atoms with Crippen molar-refractivity contribution in [3.8, 4) is 0 Å². The molecule has 0 spiro atoms. The zero-order chi connectivity index (χ0) is 9.84. The second-order valence-corrected chi connectivity index (χ2v) is 3.04. The highest BCUT2D eigenvalue weighted by atomic mass is 35.5. The molecule has 0 amide bonds. The molecule has 3 N–H and O–H groups in total. The summed E-state index contributed by atoms with van der Waals surface area (Å²) in [5.74, 6) is -0.950. The van der Waals surface area contributed by atoms with E-state index >= 15 is 0 Å². The molecule has 0 unspecified atom stereocenters. The molecule has 1 aromatic heterocycles. The van der Waals surface area contributed by atoms with Crippen molar-refractivity contribution in [1.82, 2.24) is 4.98 Å². The van der Waals surface area contributed by atoms with Gasteiger partial charge in [-0.05, 0) is 12.1 Å². The maximum atomic E-state index is 10.3. The highest BCUT2D eigenvalue weighted by Crippen LogP contribution is 2.15. The summed E-state index contributed by atoms with van der Waals surface area (Å²) in [6.45, 7) is 0. The number of pyridine rings is 1. The summed E-state index contributed by atoms with van der Waals surface area (Å²) >= 11 is 5.68. The van der Waals surface area contributed by atoms with Gasteiger partial charge in [-0.15, -0.1) is 0 Å². The molecule has 0 aromatic carbocycles. The van der Waals surface area contributed by atoms with E-state index in [4.69, 9.17) is 22.4 Å². The molecule has 0 radical (unpaired) electrons. The molecular formula is C8H9ClN2O2. The molecule has 0 aliphatic carbocycles. The van der Waals surface area contributed by atoms with Crippen molar-refractivity contribution >= 4 is 17.6 Å². The first-order chi connectivity index (χ1) is 6.09. The van der Waals surface area contributed by atoms with E-state index in [1.54, 1.807) is 12.1 Å². The average Bonchev–Trinajstić information content (AvgIpc) is 2.03. The zero-order valence-electron chi connectivity index (χ0n) is 6.77. The molecule has 13 heavy (non-hydrogen) atoms. The minimum Gasteiger partial charge on any atom is -0.481 e. The van der Waals surface area contributed by atoms with Crippen LogP contribution in [0.4, 0.5) is 0 Å². The molecule has 0 aliphatic rings. The van der Waals surface area contributed by atoms with Crippen LogP contribution in [0.2, 0.25) is 5.02 Å². The Morgan fingerprint density at radius 1 is 1.77 bits per heavy atom. The molecule has 0 fully saturated rings. The van der Waals surface area contributed by atoms with Crippen molar-refractivity contribution in [3.05, 3.63) is 29.0 Å².